The number of nitrogens with one attached hydrogen (secondary N) is 3. The SMILES string of the molecule is COc1cccc(CC2(C(=O)NCCCc3nc4ccccc4[nH]3)CNC2)c1. The number of hydrogen-bond acceptors (Lipinski definition) is 4. The zero-order valence-corrected chi connectivity index (χ0v) is 16.1. The van der Waals surface area contributed by atoms with E-state index in [0.717, 1.165) is 41.0 Å². The Labute approximate surface area is 164 Å². The number of aryl methyl sites for hydroxylation is 1. The van der Waals surface area contributed by atoms with Crippen LogP contribution in [0.2, 0.25) is 0 Å². The van der Waals surface area contributed by atoms with E-state index >= 15 is 0 Å². The molecule has 28 heavy (non-hydrogen) atoms. The van der Waals surface area contributed by atoms with Gasteiger partial charge in [-0.15, -0.1) is 0 Å². The lowest BCUT2D eigenvalue weighted by atomic mass is 9.75. The van der Waals surface area contributed by atoms with Gasteiger partial charge in [-0.05, 0) is 42.7 Å². The van der Waals surface area contributed by atoms with Crippen LogP contribution in [0.25, 0.3) is 11.0 Å². The van der Waals surface area contributed by atoms with Crippen LogP contribution in [0.5, 0.6) is 5.75 Å². The van der Waals surface area contributed by atoms with Gasteiger partial charge in [-0.25, -0.2) is 4.98 Å². The highest BCUT2D eigenvalue weighted by Gasteiger charge is 2.44. The highest BCUT2D eigenvalue weighted by Crippen LogP contribution is 2.29. The molecule has 0 aliphatic carbocycles. The van der Waals surface area contributed by atoms with E-state index < -0.39 is 0 Å². The summed E-state index contributed by atoms with van der Waals surface area (Å²) in [6, 6.07) is 16.0. The number of aromatic amines is 1. The van der Waals surface area contributed by atoms with Gasteiger partial charge in [0.25, 0.3) is 0 Å². The molecule has 1 aliphatic heterocycles. The van der Waals surface area contributed by atoms with Crippen LogP contribution in [0.3, 0.4) is 0 Å². The van der Waals surface area contributed by atoms with Crippen LogP contribution in [0, 0.1) is 5.41 Å². The van der Waals surface area contributed by atoms with Crippen molar-refractivity contribution in [2.45, 2.75) is 19.3 Å². The Hall–Kier alpha value is -2.86. The predicted molar refractivity (Wildman–Crippen MR) is 109 cm³/mol. The van der Waals surface area contributed by atoms with Gasteiger partial charge in [0.15, 0.2) is 0 Å². The molecule has 146 valence electrons. The van der Waals surface area contributed by atoms with Crippen molar-refractivity contribution in [3.8, 4) is 5.75 Å². The van der Waals surface area contributed by atoms with E-state index in [1.54, 1.807) is 7.11 Å². The molecule has 1 saturated heterocycles. The molecule has 6 nitrogen and oxygen atoms in total. The molecule has 1 fully saturated rings. The van der Waals surface area contributed by atoms with Gasteiger partial charge >= 0.3 is 0 Å². The monoisotopic (exact) mass is 378 g/mol. The van der Waals surface area contributed by atoms with Crippen LogP contribution in [0.4, 0.5) is 0 Å². The van der Waals surface area contributed by atoms with Crippen LogP contribution in [0.15, 0.2) is 48.5 Å². The lowest BCUT2D eigenvalue weighted by Gasteiger charge is -2.41. The number of H-pyrrole nitrogens is 1. The molecule has 2 aromatic carbocycles. The number of nitrogens with zero attached hydrogens (tertiary/aromatic N) is 1. The van der Waals surface area contributed by atoms with Crippen LogP contribution in [0.1, 0.15) is 17.8 Å². The van der Waals surface area contributed by atoms with Crippen molar-refractivity contribution in [3.63, 3.8) is 0 Å². The van der Waals surface area contributed by atoms with E-state index in [9.17, 15) is 4.79 Å². The number of carbonyl (C=O) groups is 1. The molecule has 3 aromatic rings. The van der Waals surface area contributed by atoms with Crippen molar-refractivity contribution in [2.75, 3.05) is 26.7 Å². The van der Waals surface area contributed by atoms with E-state index in [0.29, 0.717) is 26.1 Å². The largest absolute Gasteiger partial charge is 0.497 e. The summed E-state index contributed by atoms with van der Waals surface area (Å²) in [5.74, 6) is 1.91. The fraction of sp³-hybridized carbons (Fsp3) is 0.364. The van der Waals surface area contributed by atoms with Gasteiger partial charge in [-0.1, -0.05) is 24.3 Å². The first-order chi connectivity index (χ1) is 13.7. The summed E-state index contributed by atoms with van der Waals surface area (Å²) in [4.78, 5) is 20.8. The Bertz CT molecular complexity index is 929. The average molecular weight is 378 g/mol. The lowest BCUT2D eigenvalue weighted by molar-refractivity contribution is -0.133. The summed E-state index contributed by atoms with van der Waals surface area (Å²) in [6.07, 6.45) is 2.39. The third-order valence-electron chi connectivity index (χ3n) is 5.40. The normalized spacial score (nSPS) is 15.2. The fourth-order valence-corrected chi connectivity index (χ4v) is 3.74. The first-order valence-corrected chi connectivity index (χ1v) is 9.74. The summed E-state index contributed by atoms with van der Waals surface area (Å²) in [5, 5.41) is 6.38. The van der Waals surface area contributed by atoms with Crippen molar-refractivity contribution < 1.29 is 9.53 Å². The molecule has 0 spiro atoms. The van der Waals surface area contributed by atoms with Gasteiger partial charge in [0.1, 0.15) is 11.6 Å². The fourth-order valence-electron chi connectivity index (χ4n) is 3.74. The Morgan fingerprint density at radius 2 is 2.07 bits per heavy atom. The molecule has 1 amide bonds. The number of hydrogen-bond donors (Lipinski definition) is 3. The number of fused-ring (bicyclic) bond motifs is 1. The van der Waals surface area contributed by atoms with Gasteiger partial charge < -0.3 is 20.4 Å². The van der Waals surface area contributed by atoms with Gasteiger partial charge in [-0.2, -0.15) is 0 Å². The molecule has 4 rings (SSSR count). The maximum atomic E-state index is 12.9. The smallest absolute Gasteiger partial charge is 0.229 e. The number of para-hydroxylation sites is 2. The van der Waals surface area contributed by atoms with Crippen LogP contribution < -0.4 is 15.4 Å². The third-order valence-corrected chi connectivity index (χ3v) is 5.40. The van der Waals surface area contributed by atoms with E-state index in [2.05, 4.69) is 26.7 Å². The van der Waals surface area contributed by atoms with Crippen LogP contribution in [-0.2, 0) is 17.6 Å². The number of rotatable bonds is 8. The number of ether oxygens (including phenoxy) is 1. The second-order valence-electron chi connectivity index (χ2n) is 7.47. The Morgan fingerprint density at radius 1 is 1.21 bits per heavy atom. The van der Waals surface area contributed by atoms with Crippen molar-refractivity contribution in [2.24, 2.45) is 5.41 Å². The molecule has 0 bridgehead atoms. The van der Waals surface area contributed by atoms with E-state index in [1.165, 1.54) is 0 Å². The molecular formula is C22H26N4O2. The third kappa shape index (κ3) is 3.87. The first-order valence-electron chi connectivity index (χ1n) is 9.74. The van der Waals surface area contributed by atoms with Gasteiger partial charge in [-0.3, -0.25) is 4.79 Å². The van der Waals surface area contributed by atoms with Crippen LogP contribution >= 0.6 is 0 Å². The van der Waals surface area contributed by atoms with Crippen LogP contribution in [-0.4, -0.2) is 42.6 Å². The van der Waals surface area contributed by atoms with Crippen molar-refractivity contribution in [1.82, 2.24) is 20.6 Å². The molecular weight excluding hydrogens is 352 g/mol. The number of imidazole rings is 1. The topological polar surface area (TPSA) is 79.0 Å². The van der Waals surface area contributed by atoms with Crippen molar-refractivity contribution >= 4 is 16.9 Å². The molecule has 0 saturated carbocycles. The molecule has 2 heterocycles. The summed E-state index contributed by atoms with van der Waals surface area (Å²) in [6.45, 7) is 2.06. The summed E-state index contributed by atoms with van der Waals surface area (Å²) in [5.41, 5.74) is 2.79. The molecule has 3 N–H and O–H groups in total. The van der Waals surface area contributed by atoms with Gasteiger partial charge in [0, 0.05) is 26.1 Å². The molecule has 0 radical (unpaired) electrons. The van der Waals surface area contributed by atoms with Crippen molar-refractivity contribution in [1.29, 1.82) is 0 Å². The molecule has 0 atom stereocenters. The maximum absolute atomic E-state index is 12.9. The minimum absolute atomic E-state index is 0.124. The Morgan fingerprint density at radius 3 is 2.82 bits per heavy atom. The number of carbonyl (C=O) groups excluding carboxylic acids is 1. The van der Waals surface area contributed by atoms with E-state index in [1.807, 2.05) is 42.5 Å². The zero-order chi connectivity index (χ0) is 19.4. The maximum Gasteiger partial charge on any atom is 0.229 e. The quantitative estimate of drug-likeness (QED) is 0.526. The Kier molecular flexibility index (Phi) is 5.30. The standard InChI is InChI=1S/C22H26N4O2/c1-28-17-7-4-6-16(12-17)13-22(14-23-15-22)21(27)24-11-5-10-20-25-18-8-2-3-9-19(18)26-20/h2-4,6-9,12,23H,5,10-11,13-15H2,1H3,(H,24,27)(H,25,26). The minimum atomic E-state index is -0.369. The average Bonchev–Trinajstić information content (AvgIpc) is 3.11. The number of benzene rings is 2. The number of methoxy groups -OCH3 is 1. The second-order valence-corrected chi connectivity index (χ2v) is 7.47. The number of aromatic nitrogens is 2. The van der Waals surface area contributed by atoms with Crippen molar-refractivity contribution in [3.05, 3.63) is 59.9 Å². The molecule has 0 unspecified atom stereocenters. The number of amides is 1. The molecule has 6 heteroatoms. The van der Waals surface area contributed by atoms with Gasteiger partial charge in [0.05, 0.1) is 23.6 Å². The summed E-state index contributed by atoms with van der Waals surface area (Å²) in [7, 11) is 1.66. The highest BCUT2D eigenvalue weighted by molar-refractivity contribution is 5.84. The highest BCUT2D eigenvalue weighted by atomic mass is 16.5. The Balaban J connectivity index is 1.30. The molecule has 1 aliphatic rings. The summed E-state index contributed by atoms with van der Waals surface area (Å²) < 4.78 is 5.30. The minimum Gasteiger partial charge on any atom is -0.497 e. The van der Waals surface area contributed by atoms with Gasteiger partial charge in [0.2, 0.25) is 5.91 Å². The second kappa shape index (κ2) is 8.02. The molecule has 1 aromatic heterocycles. The van der Waals surface area contributed by atoms with E-state index in [-0.39, 0.29) is 11.3 Å². The van der Waals surface area contributed by atoms with E-state index in [4.69, 9.17) is 4.74 Å². The first kappa shape index (κ1) is 18.5. The summed E-state index contributed by atoms with van der Waals surface area (Å²) >= 11 is 0. The predicted octanol–water partition coefficient (Wildman–Crippen LogP) is 2.45. The lowest BCUT2D eigenvalue weighted by Crippen LogP contribution is -2.62. The zero-order valence-electron chi connectivity index (χ0n) is 16.1.